The Morgan fingerprint density at radius 3 is 2.00 bits per heavy atom. The quantitative estimate of drug-likeness (QED) is 0.865. The molecule has 0 saturated heterocycles. The van der Waals surface area contributed by atoms with Crippen LogP contribution in [0.1, 0.15) is 56.2 Å². The summed E-state index contributed by atoms with van der Waals surface area (Å²) in [6, 6.07) is 8.67. The van der Waals surface area contributed by atoms with Crippen LogP contribution >= 0.6 is 0 Å². The van der Waals surface area contributed by atoms with Crippen LogP contribution in [0.2, 0.25) is 0 Å². The van der Waals surface area contributed by atoms with E-state index < -0.39 is 0 Å². The molecule has 0 radical (unpaired) electrons. The molecular formula is C15H23NO. The fraction of sp³-hybridized carbons (Fsp3) is 0.600. The van der Waals surface area contributed by atoms with Gasteiger partial charge in [0, 0.05) is 7.11 Å². The van der Waals surface area contributed by atoms with E-state index in [9.17, 15) is 0 Å². The van der Waals surface area contributed by atoms with Crippen LogP contribution in [0, 0.1) is 0 Å². The van der Waals surface area contributed by atoms with Gasteiger partial charge in [-0.3, -0.25) is 0 Å². The molecule has 0 aliphatic heterocycles. The van der Waals surface area contributed by atoms with Crippen LogP contribution in [0.25, 0.3) is 0 Å². The number of nitrogens with two attached hydrogens (primary N) is 1. The number of benzene rings is 1. The second-order valence-electron chi connectivity index (χ2n) is 5.42. The molecule has 1 aromatic rings. The standard InChI is InChI=1S/C15H23NO/c1-11(2)12-5-7-13(8-6-12)14(16)15(17-3)9-4-10-15/h5-8,11,14H,4,9-10,16H2,1-3H3. The lowest BCUT2D eigenvalue weighted by molar-refractivity contribution is -0.0911. The molecule has 1 aliphatic carbocycles. The van der Waals surface area contributed by atoms with Gasteiger partial charge >= 0.3 is 0 Å². The van der Waals surface area contributed by atoms with Crippen LogP contribution < -0.4 is 5.73 Å². The molecule has 1 fully saturated rings. The van der Waals surface area contributed by atoms with Gasteiger partial charge in [0.15, 0.2) is 0 Å². The highest BCUT2D eigenvalue weighted by molar-refractivity contribution is 5.29. The third-order valence-electron chi connectivity index (χ3n) is 4.14. The minimum absolute atomic E-state index is 0.00228. The highest BCUT2D eigenvalue weighted by atomic mass is 16.5. The molecule has 17 heavy (non-hydrogen) atoms. The van der Waals surface area contributed by atoms with Gasteiger partial charge in [-0.05, 0) is 36.3 Å². The molecular weight excluding hydrogens is 210 g/mol. The molecule has 1 unspecified atom stereocenters. The summed E-state index contributed by atoms with van der Waals surface area (Å²) in [4.78, 5) is 0. The van der Waals surface area contributed by atoms with Crippen molar-refractivity contribution >= 4 is 0 Å². The SMILES string of the molecule is COC1(C(N)c2ccc(C(C)C)cc2)CCC1. The molecule has 0 aromatic heterocycles. The molecule has 1 aliphatic rings. The molecule has 2 N–H and O–H groups in total. The first-order valence-electron chi connectivity index (χ1n) is 6.49. The zero-order valence-corrected chi connectivity index (χ0v) is 11.1. The Morgan fingerprint density at radius 2 is 1.65 bits per heavy atom. The second-order valence-corrected chi connectivity index (χ2v) is 5.42. The van der Waals surface area contributed by atoms with E-state index in [1.165, 1.54) is 17.5 Å². The molecule has 1 aromatic carbocycles. The summed E-state index contributed by atoms with van der Waals surface area (Å²) < 4.78 is 5.64. The van der Waals surface area contributed by atoms with Crippen LogP contribution in [0.3, 0.4) is 0 Å². The van der Waals surface area contributed by atoms with Gasteiger partial charge in [-0.1, -0.05) is 38.1 Å². The topological polar surface area (TPSA) is 35.2 Å². The highest BCUT2D eigenvalue weighted by Gasteiger charge is 2.43. The first-order valence-corrected chi connectivity index (χ1v) is 6.49. The third kappa shape index (κ3) is 2.24. The number of rotatable bonds is 4. The lowest BCUT2D eigenvalue weighted by atomic mass is 9.72. The van der Waals surface area contributed by atoms with E-state index in [-0.39, 0.29) is 11.6 Å². The fourth-order valence-corrected chi connectivity index (χ4v) is 2.56. The Kier molecular flexibility index (Phi) is 3.55. The summed E-state index contributed by atoms with van der Waals surface area (Å²) in [6.45, 7) is 4.41. The van der Waals surface area contributed by atoms with Crippen molar-refractivity contribution in [3.63, 3.8) is 0 Å². The molecule has 1 atom stereocenters. The normalized spacial score (nSPS) is 20.1. The van der Waals surface area contributed by atoms with Crippen molar-refractivity contribution in [2.75, 3.05) is 7.11 Å². The maximum absolute atomic E-state index is 6.35. The molecule has 2 heteroatoms. The average molecular weight is 233 g/mol. The van der Waals surface area contributed by atoms with E-state index in [2.05, 4.69) is 38.1 Å². The molecule has 0 heterocycles. The predicted octanol–water partition coefficient (Wildman–Crippen LogP) is 3.38. The highest BCUT2D eigenvalue weighted by Crippen LogP contribution is 2.43. The minimum atomic E-state index is -0.112. The Balaban J connectivity index is 2.16. The maximum Gasteiger partial charge on any atom is 0.0870 e. The van der Waals surface area contributed by atoms with Crippen LogP contribution in [-0.4, -0.2) is 12.7 Å². The first-order chi connectivity index (χ1) is 8.09. The Hall–Kier alpha value is -0.860. The maximum atomic E-state index is 6.35. The summed E-state index contributed by atoms with van der Waals surface area (Å²) in [5.74, 6) is 0.570. The van der Waals surface area contributed by atoms with Crippen molar-refractivity contribution in [1.29, 1.82) is 0 Å². The molecule has 1 saturated carbocycles. The van der Waals surface area contributed by atoms with Gasteiger partial charge < -0.3 is 10.5 Å². The van der Waals surface area contributed by atoms with Crippen LogP contribution in [0.15, 0.2) is 24.3 Å². The Labute approximate surface area is 104 Å². The summed E-state index contributed by atoms with van der Waals surface area (Å²) in [6.07, 6.45) is 3.39. The average Bonchev–Trinajstić information content (AvgIpc) is 2.28. The summed E-state index contributed by atoms with van der Waals surface area (Å²) in [5, 5.41) is 0. The lowest BCUT2D eigenvalue weighted by Crippen LogP contribution is -2.48. The van der Waals surface area contributed by atoms with Crippen LogP contribution in [-0.2, 0) is 4.74 Å². The van der Waals surface area contributed by atoms with E-state index >= 15 is 0 Å². The number of ether oxygens (including phenoxy) is 1. The monoisotopic (exact) mass is 233 g/mol. The van der Waals surface area contributed by atoms with Crippen molar-refractivity contribution < 1.29 is 4.74 Å². The largest absolute Gasteiger partial charge is 0.376 e. The Morgan fingerprint density at radius 1 is 1.12 bits per heavy atom. The van der Waals surface area contributed by atoms with Crippen LogP contribution in [0.4, 0.5) is 0 Å². The molecule has 2 rings (SSSR count). The zero-order chi connectivity index (χ0) is 12.5. The van der Waals surface area contributed by atoms with Gasteiger partial charge in [-0.2, -0.15) is 0 Å². The van der Waals surface area contributed by atoms with Gasteiger partial charge in [-0.15, -0.1) is 0 Å². The van der Waals surface area contributed by atoms with Gasteiger partial charge in [0.25, 0.3) is 0 Å². The molecule has 0 amide bonds. The molecule has 2 nitrogen and oxygen atoms in total. The predicted molar refractivity (Wildman–Crippen MR) is 71.1 cm³/mol. The molecule has 0 spiro atoms. The smallest absolute Gasteiger partial charge is 0.0870 e. The van der Waals surface area contributed by atoms with E-state index in [4.69, 9.17) is 10.5 Å². The lowest BCUT2D eigenvalue weighted by Gasteiger charge is -2.45. The van der Waals surface area contributed by atoms with E-state index in [1.54, 1.807) is 7.11 Å². The number of methoxy groups -OCH3 is 1. The third-order valence-corrected chi connectivity index (χ3v) is 4.14. The molecule has 94 valence electrons. The van der Waals surface area contributed by atoms with E-state index in [0.717, 1.165) is 12.8 Å². The first kappa shape index (κ1) is 12.6. The fourth-order valence-electron chi connectivity index (χ4n) is 2.56. The zero-order valence-electron chi connectivity index (χ0n) is 11.1. The van der Waals surface area contributed by atoms with E-state index in [1.807, 2.05) is 0 Å². The number of hydrogen-bond donors (Lipinski definition) is 1. The molecule has 0 bridgehead atoms. The second kappa shape index (κ2) is 4.79. The summed E-state index contributed by atoms with van der Waals surface area (Å²) in [5.41, 5.74) is 8.79. The van der Waals surface area contributed by atoms with Crippen molar-refractivity contribution in [2.45, 2.75) is 50.7 Å². The Bertz CT molecular complexity index is 360. The van der Waals surface area contributed by atoms with Gasteiger partial charge in [0.05, 0.1) is 11.6 Å². The minimum Gasteiger partial charge on any atom is -0.376 e. The van der Waals surface area contributed by atoms with Crippen molar-refractivity contribution in [3.8, 4) is 0 Å². The van der Waals surface area contributed by atoms with Crippen LogP contribution in [0.5, 0.6) is 0 Å². The van der Waals surface area contributed by atoms with Gasteiger partial charge in [0.1, 0.15) is 0 Å². The van der Waals surface area contributed by atoms with E-state index in [0.29, 0.717) is 5.92 Å². The van der Waals surface area contributed by atoms with Gasteiger partial charge in [0.2, 0.25) is 0 Å². The van der Waals surface area contributed by atoms with Gasteiger partial charge in [-0.25, -0.2) is 0 Å². The van der Waals surface area contributed by atoms with Crippen molar-refractivity contribution in [1.82, 2.24) is 0 Å². The summed E-state index contributed by atoms with van der Waals surface area (Å²) in [7, 11) is 1.78. The summed E-state index contributed by atoms with van der Waals surface area (Å²) >= 11 is 0. The van der Waals surface area contributed by atoms with Crippen molar-refractivity contribution in [2.24, 2.45) is 5.73 Å². The van der Waals surface area contributed by atoms with Crippen molar-refractivity contribution in [3.05, 3.63) is 35.4 Å². The number of hydrogen-bond acceptors (Lipinski definition) is 2.